The van der Waals surface area contributed by atoms with Crippen LogP contribution in [0.5, 0.6) is 5.75 Å². The Morgan fingerprint density at radius 3 is 2.77 bits per heavy atom. The van der Waals surface area contributed by atoms with Crippen molar-refractivity contribution in [3.05, 3.63) is 65.0 Å². The molecule has 1 atom stereocenters. The van der Waals surface area contributed by atoms with E-state index in [2.05, 4.69) is 17.9 Å². The molecule has 0 fully saturated rings. The molecule has 0 amide bonds. The van der Waals surface area contributed by atoms with Gasteiger partial charge in [-0.15, -0.1) is 17.0 Å². The summed E-state index contributed by atoms with van der Waals surface area (Å²) in [6.45, 7) is 5.28. The second kappa shape index (κ2) is 10.1. The van der Waals surface area contributed by atoms with Crippen LogP contribution in [-0.2, 0) is 12.8 Å². The fourth-order valence-electron chi connectivity index (χ4n) is 3.99. The maximum atomic E-state index is 13.4. The average Bonchev–Trinajstić information content (AvgIpc) is 2.60. The first-order chi connectivity index (χ1) is 12.2. The number of fused-ring (bicyclic) bond motifs is 1. The van der Waals surface area contributed by atoms with Gasteiger partial charge >= 0.3 is 0 Å². The van der Waals surface area contributed by atoms with Crippen LogP contribution in [0, 0.1) is 5.82 Å². The van der Waals surface area contributed by atoms with E-state index in [9.17, 15) is 9.50 Å². The summed E-state index contributed by atoms with van der Waals surface area (Å²) in [7, 11) is 0. The first-order valence-electron chi connectivity index (χ1n) is 9.44. The van der Waals surface area contributed by atoms with E-state index < -0.39 is 0 Å². The van der Waals surface area contributed by atoms with Crippen molar-refractivity contribution >= 4 is 17.0 Å². The van der Waals surface area contributed by atoms with Gasteiger partial charge in [0, 0.05) is 13.1 Å². The third-order valence-corrected chi connectivity index (χ3v) is 5.19. The zero-order valence-corrected chi connectivity index (χ0v) is 17.2. The highest BCUT2D eigenvalue weighted by atomic mass is 79.9. The van der Waals surface area contributed by atoms with Gasteiger partial charge in [0.25, 0.3) is 0 Å². The van der Waals surface area contributed by atoms with Gasteiger partial charge in [0.05, 0.1) is 0 Å². The second-order valence-electron chi connectivity index (χ2n) is 7.15. The molecule has 0 heterocycles. The maximum Gasteiger partial charge on any atom is 0.123 e. The van der Waals surface area contributed by atoms with Crippen LogP contribution in [0.2, 0.25) is 0 Å². The number of aryl methyl sites for hydroxylation is 1. The zero-order valence-electron chi connectivity index (χ0n) is 15.5. The highest BCUT2D eigenvalue weighted by molar-refractivity contribution is 8.93. The highest BCUT2D eigenvalue weighted by Gasteiger charge is 2.22. The van der Waals surface area contributed by atoms with Crippen molar-refractivity contribution in [3.63, 3.8) is 0 Å². The first-order valence-corrected chi connectivity index (χ1v) is 9.44. The average molecular weight is 422 g/mol. The van der Waals surface area contributed by atoms with Crippen molar-refractivity contribution in [2.45, 2.75) is 44.9 Å². The number of benzene rings is 2. The summed E-state index contributed by atoms with van der Waals surface area (Å²) in [6, 6.07) is 12.8. The fraction of sp³-hybridized carbons (Fsp3) is 0.455. The number of halogens is 2. The molecule has 0 radical (unpaired) electrons. The third kappa shape index (κ3) is 5.55. The van der Waals surface area contributed by atoms with Gasteiger partial charge < -0.3 is 10.0 Å². The standard InChI is InChI=1S/C22H28FNO.BrH/c1-2-12-24(13-11-17-5-3-8-20(23)14-17)16-19-7-4-6-18-15-21(25)9-10-22(18)19;/h3,5,8-10,14-15,19,25H,2,4,6-7,11-13,16H2,1H3;1H. The van der Waals surface area contributed by atoms with Gasteiger partial charge in [-0.3, -0.25) is 0 Å². The number of aromatic hydroxyl groups is 1. The summed E-state index contributed by atoms with van der Waals surface area (Å²) in [5.41, 5.74) is 3.77. The van der Waals surface area contributed by atoms with E-state index in [1.807, 2.05) is 18.2 Å². The predicted molar refractivity (Wildman–Crippen MR) is 111 cm³/mol. The molecule has 0 aliphatic heterocycles. The van der Waals surface area contributed by atoms with E-state index in [0.717, 1.165) is 44.5 Å². The molecule has 1 aliphatic carbocycles. The number of phenols is 1. The number of rotatable bonds is 7. The molecule has 2 aromatic rings. The number of hydrogen-bond acceptors (Lipinski definition) is 2. The molecule has 26 heavy (non-hydrogen) atoms. The van der Waals surface area contributed by atoms with Crippen LogP contribution in [0.1, 0.15) is 48.8 Å². The lowest BCUT2D eigenvalue weighted by Crippen LogP contribution is -2.32. The molecule has 1 aliphatic rings. The Bertz CT molecular complexity index is 706. The summed E-state index contributed by atoms with van der Waals surface area (Å²) in [5.74, 6) is 0.750. The number of nitrogens with zero attached hydrogens (tertiary/aromatic N) is 1. The van der Waals surface area contributed by atoms with Crippen molar-refractivity contribution in [2.24, 2.45) is 0 Å². The van der Waals surface area contributed by atoms with E-state index in [0.29, 0.717) is 11.7 Å². The van der Waals surface area contributed by atoms with Crippen molar-refractivity contribution in [1.82, 2.24) is 4.90 Å². The Morgan fingerprint density at radius 1 is 1.15 bits per heavy atom. The minimum absolute atomic E-state index is 0. The van der Waals surface area contributed by atoms with Crippen LogP contribution in [0.4, 0.5) is 4.39 Å². The monoisotopic (exact) mass is 421 g/mol. The third-order valence-electron chi connectivity index (χ3n) is 5.19. The number of phenolic OH excluding ortho intramolecular Hbond substituents is 1. The molecule has 142 valence electrons. The molecule has 0 bridgehead atoms. The van der Waals surface area contributed by atoms with Crippen LogP contribution in [-0.4, -0.2) is 29.6 Å². The van der Waals surface area contributed by atoms with Crippen LogP contribution in [0.3, 0.4) is 0 Å². The maximum absolute atomic E-state index is 13.4. The Kier molecular flexibility index (Phi) is 8.11. The van der Waals surface area contributed by atoms with E-state index in [4.69, 9.17) is 0 Å². The summed E-state index contributed by atoms with van der Waals surface area (Å²) in [6.07, 6.45) is 5.46. The minimum atomic E-state index is -0.152. The lowest BCUT2D eigenvalue weighted by Gasteiger charge is -2.31. The fourth-order valence-corrected chi connectivity index (χ4v) is 3.99. The Balaban J connectivity index is 0.00000243. The van der Waals surface area contributed by atoms with Gasteiger partial charge in [0.1, 0.15) is 11.6 Å². The summed E-state index contributed by atoms with van der Waals surface area (Å²) in [4.78, 5) is 2.51. The lowest BCUT2D eigenvalue weighted by atomic mass is 9.82. The number of hydrogen-bond donors (Lipinski definition) is 1. The SMILES string of the molecule is Br.CCCN(CCc1cccc(F)c1)CC1CCCc2cc(O)ccc21. The van der Waals surface area contributed by atoms with Crippen molar-refractivity contribution in [2.75, 3.05) is 19.6 Å². The van der Waals surface area contributed by atoms with Crippen LogP contribution >= 0.6 is 17.0 Å². The molecule has 0 saturated heterocycles. The summed E-state index contributed by atoms with van der Waals surface area (Å²) >= 11 is 0. The van der Waals surface area contributed by atoms with Crippen LogP contribution in [0.25, 0.3) is 0 Å². The van der Waals surface area contributed by atoms with Crippen molar-refractivity contribution < 1.29 is 9.50 Å². The molecular weight excluding hydrogens is 393 g/mol. The molecular formula is C22H29BrFNO. The summed E-state index contributed by atoms with van der Waals surface area (Å²) < 4.78 is 13.4. The highest BCUT2D eigenvalue weighted by Crippen LogP contribution is 2.34. The van der Waals surface area contributed by atoms with E-state index in [-0.39, 0.29) is 22.8 Å². The van der Waals surface area contributed by atoms with Crippen LogP contribution < -0.4 is 0 Å². The van der Waals surface area contributed by atoms with Crippen LogP contribution in [0.15, 0.2) is 42.5 Å². The minimum Gasteiger partial charge on any atom is -0.508 e. The smallest absolute Gasteiger partial charge is 0.123 e. The van der Waals surface area contributed by atoms with Gasteiger partial charge in [0.15, 0.2) is 0 Å². The molecule has 0 saturated carbocycles. The second-order valence-corrected chi connectivity index (χ2v) is 7.15. The van der Waals surface area contributed by atoms with Crippen molar-refractivity contribution in [1.29, 1.82) is 0 Å². The summed E-state index contributed by atoms with van der Waals surface area (Å²) in [5, 5.41) is 9.73. The quantitative estimate of drug-likeness (QED) is 0.639. The van der Waals surface area contributed by atoms with E-state index >= 15 is 0 Å². The Hall–Kier alpha value is -1.39. The van der Waals surface area contributed by atoms with Gasteiger partial charge in [-0.1, -0.05) is 25.1 Å². The largest absolute Gasteiger partial charge is 0.508 e. The van der Waals surface area contributed by atoms with Crippen molar-refractivity contribution in [3.8, 4) is 5.75 Å². The molecule has 1 unspecified atom stereocenters. The molecule has 3 rings (SSSR count). The van der Waals surface area contributed by atoms with Gasteiger partial charge in [-0.25, -0.2) is 4.39 Å². The lowest BCUT2D eigenvalue weighted by molar-refractivity contribution is 0.250. The topological polar surface area (TPSA) is 23.5 Å². The normalized spacial score (nSPS) is 16.2. The zero-order chi connectivity index (χ0) is 17.6. The predicted octanol–water partition coefficient (Wildman–Crippen LogP) is 5.48. The molecule has 0 spiro atoms. The Labute approximate surface area is 166 Å². The Morgan fingerprint density at radius 2 is 2.00 bits per heavy atom. The van der Waals surface area contributed by atoms with E-state index in [1.54, 1.807) is 12.1 Å². The molecule has 1 N–H and O–H groups in total. The van der Waals surface area contributed by atoms with Gasteiger partial charge in [-0.05, 0) is 85.5 Å². The molecule has 2 aromatic carbocycles. The van der Waals surface area contributed by atoms with Gasteiger partial charge in [-0.2, -0.15) is 0 Å². The molecule has 2 nitrogen and oxygen atoms in total. The molecule has 4 heteroatoms. The molecule has 0 aromatic heterocycles. The van der Waals surface area contributed by atoms with Gasteiger partial charge in [0.2, 0.25) is 0 Å². The first kappa shape index (κ1) is 20.9. The van der Waals surface area contributed by atoms with E-state index in [1.165, 1.54) is 30.0 Å².